The molecule has 0 aromatic carbocycles. The molecular formula is C8H14NOPS. The van der Waals surface area contributed by atoms with Crippen LogP contribution in [0.15, 0.2) is 12.1 Å². The van der Waals surface area contributed by atoms with Crippen LogP contribution in [0.2, 0.25) is 0 Å². The van der Waals surface area contributed by atoms with Crippen molar-refractivity contribution >= 4 is 23.1 Å². The summed E-state index contributed by atoms with van der Waals surface area (Å²) in [7, 11) is -2.07. The SMILES string of the molecule is C[C@@H](N)c1ccc(P(C)(C)=O)s1. The molecular weight excluding hydrogens is 189 g/mol. The van der Waals surface area contributed by atoms with Gasteiger partial charge < -0.3 is 10.3 Å². The Morgan fingerprint density at radius 3 is 2.33 bits per heavy atom. The van der Waals surface area contributed by atoms with Crippen LogP contribution in [-0.4, -0.2) is 13.3 Å². The second kappa shape index (κ2) is 3.33. The summed E-state index contributed by atoms with van der Waals surface area (Å²) in [5.74, 6) is 0. The molecule has 2 nitrogen and oxygen atoms in total. The summed E-state index contributed by atoms with van der Waals surface area (Å²) in [6, 6.07) is 3.93. The molecule has 0 radical (unpaired) electrons. The van der Waals surface area contributed by atoms with Crippen molar-refractivity contribution in [3.8, 4) is 0 Å². The van der Waals surface area contributed by atoms with E-state index in [4.69, 9.17) is 5.73 Å². The lowest BCUT2D eigenvalue weighted by atomic mass is 10.3. The molecule has 4 heteroatoms. The average molecular weight is 203 g/mol. The Labute approximate surface area is 77.2 Å². The Kier molecular flexibility index (Phi) is 2.77. The van der Waals surface area contributed by atoms with Crippen LogP contribution < -0.4 is 10.4 Å². The summed E-state index contributed by atoms with van der Waals surface area (Å²) < 4.78 is 12.6. The van der Waals surface area contributed by atoms with Crippen LogP contribution in [0.4, 0.5) is 0 Å². The van der Waals surface area contributed by atoms with Crippen LogP contribution in [0, 0.1) is 0 Å². The monoisotopic (exact) mass is 203 g/mol. The van der Waals surface area contributed by atoms with Crippen molar-refractivity contribution < 1.29 is 4.57 Å². The molecule has 0 unspecified atom stereocenters. The van der Waals surface area contributed by atoms with E-state index in [0.717, 1.165) is 9.50 Å². The van der Waals surface area contributed by atoms with Gasteiger partial charge in [0.2, 0.25) is 0 Å². The first-order valence-corrected chi connectivity index (χ1v) is 7.24. The molecule has 0 amide bonds. The van der Waals surface area contributed by atoms with Crippen molar-refractivity contribution in [1.82, 2.24) is 0 Å². The van der Waals surface area contributed by atoms with E-state index in [1.54, 1.807) is 24.7 Å². The van der Waals surface area contributed by atoms with E-state index in [9.17, 15) is 4.57 Å². The van der Waals surface area contributed by atoms with Gasteiger partial charge in [-0.05, 0) is 32.4 Å². The van der Waals surface area contributed by atoms with Crippen LogP contribution in [0.25, 0.3) is 0 Å². The second-order valence-electron chi connectivity index (χ2n) is 3.32. The van der Waals surface area contributed by atoms with Gasteiger partial charge in [-0.2, -0.15) is 0 Å². The van der Waals surface area contributed by atoms with Crippen LogP contribution in [0.5, 0.6) is 0 Å². The molecule has 0 aliphatic rings. The van der Waals surface area contributed by atoms with Gasteiger partial charge in [0.05, 0.1) is 4.62 Å². The van der Waals surface area contributed by atoms with Gasteiger partial charge in [-0.25, -0.2) is 0 Å². The van der Waals surface area contributed by atoms with Gasteiger partial charge in [0.1, 0.15) is 7.14 Å². The molecule has 0 saturated heterocycles. The second-order valence-corrected chi connectivity index (χ2v) is 7.92. The summed E-state index contributed by atoms with van der Waals surface area (Å²) in [6.07, 6.45) is 0. The standard InChI is InChI=1S/C8H14NOPS/c1-6(9)7-4-5-8(12-7)11(2,3)10/h4-6H,9H2,1-3H3/t6-/m1/s1. The first-order chi connectivity index (χ1) is 5.41. The molecule has 1 atom stereocenters. The maximum absolute atomic E-state index is 11.6. The topological polar surface area (TPSA) is 43.1 Å². The van der Waals surface area contributed by atoms with Crippen LogP contribution in [0.1, 0.15) is 17.8 Å². The molecule has 1 aromatic rings. The molecule has 0 aliphatic carbocycles. The van der Waals surface area contributed by atoms with E-state index in [0.29, 0.717) is 0 Å². The summed E-state index contributed by atoms with van der Waals surface area (Å²) in [4.78, 5) is 1.11. The maximum Gasteiger partial charge on any atom is 0.119 e. The van der Waals surface area contributed by atoms with Crippen LogP contribution >= 0.6 is 18.5 Å². The quantitative estimate of drug-likeness (QED) is 0.747. The third-order valence-electron chi connectivity index (χ3n) is 1.59. The van der Waals surface area contributed by atoms with Crippen molar-refractivity contribution in [2.75, 3.05) is 13.3 Å². The molecule has 1 rings (SSSR count). The van der Waals surface area contributed by atoms with Gasteiger partial charge >= 0.3 is 0 Å². The lowest BCUT2D eigenvalue weighted by Crippen LogP contribution is -2.02. The van der Waals surface area contributed by atoms with Gasteiger partial charge in [0, 0.05) is 10.9 Å². The fourth-order valence-corrected chi connectivity index (χ4v) is 3.21. The minimum absolute atomic E-state index is 0.0512. The normalized spacial score (nSPS) is 14.7. The molecule has 2 N–H and O–H groups in total. The molecule has 68 valence electrons. The van der Waals surface area contributed by atoms with Crippen molar-refractivity contribution in [3.05, 3.63) is 17.0 Å². The molecule has 0 fully saturated rings. The predicted octanol–water partition coefficient (Wildman–Crippen LogP) is 2.02. The zero-order valence-electron chi connectivity index (χ0n) is 7.57. The summed E-state index contributed by atoms with van der Waals surface area (Å²) >= 11 is 1.56. The smallest absolute Gasteiger partial charge is 0.119 e. The highest BCUT2D eigenvalue weighted by molar-refractivity contribution is 7.75. The zero-order valence-corrected chi connectivity index (χ0v) is 9.28. The number of rotatable bonds is 2. The lowest BCUT2D eigenvalue weighted by molar-refractivity contribution is 0.588. The van der Waals surface area contributed by atoms with E-state index < -0.39 is 7.14 Å². The van der Waals surface area contributed by atoms with E-state index in [2.05, 4.69) is 0 Å². The number of thiophene rings is 1. The summed E-state index contributed by atoms with van der Waals surface area (Å²) in [6.45, 7) is 5.50. The maximum atomic E-state index is 11.6. The van der Waals surface area contributed by atoms with E-state index in [1.165, 1.54) is 0 Å². The van der Waals surface area contributed by atoms with E-state index in [1.807, 2.05) is 19.1 Å². The van der Waals surface area contributed by atoms with Crippen LogP contribution in [0.3, 0.4) is 0 Å². The van der Waals surface area contributed by atoms with Gasteiger partial charge in [-0.1, -0.05) is 0 Å². The van der Waals surface area contributed by atoms with Gasteiger partial charge in [0.25, 0.3) is 0 Å². The Morgan fingerprint density at radius 2 is 2.08 bits per heavy atom. The Morgan fingerprint density at radius 1 is 1.50 bits per heavy atom. The Hall–Kier alpha value is -0.110. The highest BCUT2D eigenvalue weighted by Crippen LogP contribution is 2.38. The summed E-state index contributed by atoms with van der Waals surface area (Å²) in [5.41, 5.74) is 5.69. The van der Waals surface area contributed by atoms with Crippen molar-refractivity contribution in [3.63, 3.8) is 0 Å². The van der Waals surface area contributed by atoms with Crippen LogP contribution in [-0.2, 0) is 4.57 Å². The predicted molar refractivity (Wildman–Crippen MR) is 56.0 cm³/mol. The molecule has 0 saturated carbocycles. The van der Waals surface area contributed by atoms with Gasteiger partial charge in [-0.3, -0.25) is 0 Å². The molecule has 12 heavy (non-hydrogen) atoms. The number of hydrogen-bond acceptors (Lipinski definition) is 3. The third kappa shape index (κ3) is 2.19. The highest BCUT2D eigenvalue weighted by Gasteiger charge is 2.14. The molecule has 1 aromatic heterocycles. The minimum Gasteiger partial charge on any atom is -0.324 e. The molecule has 0 bridgehead atoms. The number of hydrogen-bond donors (Lipinski definition) is 1. The largest absolute Gasteiger partial charge is 0.324 e. The minimum atomic E-state index is -2.07. The third-order valence-corrected chi connectivity index (χ3v) is 5.48. The molecule has 1 heterocycles. The average Bonchev–Trinajstić information content (AvgIpc) is 2.30. The lowest BCUT2D eigenvalue weighted by Gasteiger charge is -2.02. The van der Waals surface area contributed by atoms with E-state index in [-0.39, 0.29) is 6.04 Å². The molecule has 0 spiro atoms. The zero-order chi connectivity index (χ0) is 9.35. The van der Waals surface area contributed by atoms with Crippen molar-refractivity contribution in [2.24, 2.45) is 5.73 Å². The fourth-order valence-electron chi connectivity index (χ4n) is 0.876. The Bertz CT molecular complexity index is 313. The summed E-state index contributed by atoms with van der Waals surface area (Å²) in [5, 5.41) is 0. The fraction of sp³-hybridized carbons (Fsp3) is 0.500. The van der Waals surface area contributed by atoms with Crippen molar-refractivity contribution in [2.45, 2.75) is 13.0 Å². The Balaban J connectivity index is 3.00. The first kappa shape index (κ1) is 9.97. The number of nitrogens with two attached hydrogens (primary N) is 1. The first-order valence-electron chi connectivity index (χ1n) is 3.82. The highest BCUT2D eigenvalue weighted by atomic mass is 32.1. The molecule has 0 aliphatic heterocycles. The van der Waals surface area contributed by atoms with Gasteiger partial charge in [-0.15, -0.1) is 11.3 Å². The van der Waals surface area contributed by atoms with Gasteiger partial charge in [0.15, 0.2) is 0 Å². The van der Waals surface area contributed by atoms with Crippen molar-refractivity contribution in [1.29, 1.82) is 0 Å². The van der Waals surface area contributed by atoms with E-state index >= 15 is 0 Å².